The van der Waals surface area contributed by atoms with Gasteiger partial charge in [0.1, 0.15) is 0 Å². The lowest BCUT2D eigenvalue weighted by molar-refractivity contribution is -0.384. The van der Waals surface area contributed by atoms with Crippen LogP contribution in [-0.4, -0.2) is 42.4 Å². The second-order valence-electron chi connectivity index (χ2n) is 4.58. The van der Waals surface area contributed by atoms with Crippen LogP contribution in [0.5, 0.6) is 0 Å². The maximum atomic E-state index is 10.6. The van der Waals surface area contributed by atoms with Gasteiger partial charge in [0.15, 0.2) is 0 Å². The van der Waals surface area contributed by atoms with E-state index in [0.717, 1.165) is 31.6 Å². The first-order valence-electron chi connectivity index (χ1n) is 6.42. The van der Waals surface area contributed by atoms with Crippen molar-refractivity contribution >= 4 is 11.4 Å². The molecule has 1 aromatic rings. The topological polar surface area (TPSA) is 75.8 Å². The highest BCUT2D eigenvalue weighted by molar-refractivity contribution is 5.51. The Balaban J connectivity index is 1.98. The van der Waals surface area contributed by atoms with E-state index in [1.54, 1.807) is 12.1 Å². The molecule has 1 aliphatic rings. The minimum atomic E-state index is -0.396. The highest BCUT2D eigenvalue weighted by Crippen LogP contribution is 2.23. The molecule has 1 unspecified atom stereocenters. The molecule has 0 saturated carbocycles. The lowest BCUT2D eigenvalue weighted by Crippen LogP contribution is -2.40. The van der Waals surface area contributed by atoms with Crippen LogP contribution in [0, 0.1) is 10.1 Å². The zero-order chi connectivity index (χ0) is 13.7. The van der Waals surface area contributed by atoms with Gasteiger partial charge in [-0.1, -0.05) is 0 Å². The minimum Gasteiger partial charge on any atom is -0.394 e. The van der Waals surface area contributed by atoms with E-state index in [-0.39, 0.29) is 18.4 Å². The Kier molecular flexibility index (Phi) is 4.70. The van der Waals surface area contributed by atoms with Gasteiger partial charge in [-0.25, -0.2) is 0 Å². The van der Waals surface area contributed by atoms with E-state index in [0.29, 0.717) is 6.61 Å². The summed E-state index contributed by atoms with van der Waals surface area (Å²) in [4.78, 5) is 12.4. The van der Waals surface area contributed by atoms with Crippen LogP contribution in [0.4, 0.5) is 11.4 Å². The van der Waals surface area contributed by atoms with Crippen LogP contribution in [-0.2, 0) is 4.74 Å². The van der Waals surface area contributed by atoms with Crippen molar-refractivity contribution in [2.75, 3.05) is 31.2 Å². The zero-order valence-corrected chi connectivity index (χ0v) is 10.7. The normalized spacial score (nSPS) is 19.4. The quantitative estimate of drug-likeness (QED) is 0.646. The molecule has 104 valence electrons. The first kappa shape index (κ1) is 13.8. The number of nitro benzene ring substituents is 1. The van der Waals surface area contributed by atoms with Gasteiger partial charge in [0.25, 0.3) is 5.69 Å². The second kappa shape index (κ2) is 6.49. The number of nitro groups is 1. The molecule has 0 aliphatic carbocycles. The van der Waals surface area contributed by atoms with Crippen LogP contribution < -0.4 is 4.90 Å². The molecule has 1 aliphatic heterocycles. The molecule has 0 aromatic heterocycles. The molecule has 2 rings (SSSR count). The molecule has 19 heavy (non-hydrogen) atoms. The number of ether oxygens (including phenoxy) is 1. The lowest BCUT2D eigenvalue weighted by Gasteiger charge is -2.34. The van der Waals surface area contributed by atoms with E-state index in [1.165, 1.54) is 12.1 Å². The number of anilines is 1. The molecule has 1 saturated heterocycles. The van der Waals surface area contributed by atoms with Crippen LogP contribution in [0.1, 0.15) is 12.8 Å². The molecule has 1 fully saturated rings. The SMILES string of the molecule is O=[N+]([O-])c1ccc(N2CCCC(OCCO)C2)cc1. The van der Waals surface area contributed by atoms with Crippen molar-refractivity contribution < 1.29 is 14.8 Å². The summed E-state index contributed by atoms with van der Waals surface area (Å²) in [6.07, 6.45) is 2.13. The fraction of sp³-hybridized carbons (Fsp3) is 0.538. The number of aliphatic hydroxyl groups is 1. The number of benzene rings is 1. The average molecular weight is 266 g/mol. The van der Waals surface area contributed by atoms with E-state index in [4.69, 9.17) is 9.84 Å². The van der Waals surface area contributed by atoms with Gasteiger partial charge in [0.05, 0.1) is 24.2 Å². The molecule has 1 heterocycles. The largest absolute Gasteiger partial charge is 0.394 e. The molecule has 0 amide bonds. The van der Waals surface area contributed by atoms with Crippen molar-refractivity contribution in [2.45, 2.75) is 18.9 Å². The highest BCUT2D eigenvalue weighted by atomic mass is 16.6. The van der Waals surface area contributed by atoms with Crippen LogP contribution in [0.25, 0.3) is 0 Å². The van der Waals surface area contributed by atoms with Gasteiger partial charge < -0.3 is 14.7 Å². The number of nitrogens with zero attached hydrogens (tertiary/aromatic N) is 2. The average Bonchev–Trinajstić information content (AvgIpc) is 2.45. The molecular formula is C13H18N2O4. The molecule has 0 radical (unpaired) electrons. The van der Waals surface area contributed by atoms with Crippen molar-refractivity contribution in [3.63, 3.8) is 0 Å². The summed E-state index contributed by atoms with van der Waals surface area (Å²) in [5, 5.41) is 19.4. The Hall–Kier alpha value is -1.66. The van der Waals surface area contributed by atoms with Crippen molar-refractivity contribution in [3.05, 3.63) is 34.4 Å². The van der Waals surface area contributed by atoms with E-state index in [1.807, 2.05) is 0 Å². The van der Waals surface area contributed by atoms with Crippen LogP contribution in [0.15, 0.2) is 24.3 Å². The fourth-order valence-corrected chi connectivity index (χ4v) is 2.31. The third kappa shape index (κ3) is 3.65. The second-order valence-corrected chi connectivity index (χ2v) is 4.58. The molecule has 6 heteroatoms. The monoisotopic (exact) mass is 266 g/mol. The van der Waals surface area contributed by atoms with Gasteiger partial charge in [-0.3, -0.25) is 10.1 Å². The maximum Gasteiger partial charge on any atom is 0.269 e. The number of aliphatic hydroxyl groups excluding tert-OH is 1. The van der Waals surface area contributed by atoms with Crippen molar-refractivity contribution in [3.8, 4) is 0 Å². The smallest absolute Gasteiger partial charge is 0.269 e. The Morgan fingerprint density at radius 2 is 2.16 bits per heavy atom. The summed E-state index contributed by atoms with van der Waals surface area (Å²) in [6, 6.07) is 6.58. The summed E-state index contributed by atoms with van der Waals surface area (Å²) in [5.74, 6) is 0. The first-order valence-corrected chi connectivity index (χ1v) is 6.42. The van der Waals surface area contributed by atoms with E-state index in [2.05, 4.69) is 4.90 Å². The lowest BCUT2D eigenvalue weighted by atomic mass is 10.1. The number of hydrogen-bond donors (Lipinski definition) is 1. The summed E-state index contributed by atoms with van der Waals surface area (Å²) in [5.41, 5.74) is 1.08. The number of non-ortho nitro benzene ring substituents is 1. The summed E-state index contributed by atoms with van der Waals surface area (Å²) < 4.78 is 5.55. The van der Waals surface area contributed by atoms with Gasteiger partial charge in [0, 0.05) is 30.9 Å². The van der Waals surface area contributed by atoms with Gasteiger partial charge in [-0.15, -0.1) is 0 Å². The molecule has 0 spiro atoms. The standard InChI is InChI=1S/C13H18N2O4/c16-8-9-19-13-2-1-7-14(10-13)11-3-5-12(6-4-11)15(17)18/h3-6,13,16H,1-2,7-10H2. The maximum absolute atomic E-state index is 10.6. The Labute approximate surface area is 111 Å². The molecule has 1 N–H and O–H groups in total. The zero-order valence-electron chi connectivity index (χ0n) is 10.7. The fourth-order valence-electron chi connectivity index (χ4n) is 2.31. The predicted octanol–water partition coefficient (Wildman–Crippen LogP) is 1.57. The van der Waals surface area contributed by atoms with Crippen molar-refractivity contribution in [2.24, 2.45) is 0 Å². The van der Waals surface area contributed by atoms with Gasteiger partial charge in [-0.2, -0.15) is 0 Å². The van der Waals surface area contributed by atoms with Gasteiger partial charge in [0.2, 0.25) is 0 Å². The third-order valence-electron chi connectivity index (χ3n) is 3.25. The number of rotatable bonds is 5. The Morgan fingerprint density at radius 1 is 1.42 bits per heavy atom. The van der Waals surface area contributed by atoms with E-state index >= 15 is 0 Å². The highest BCUT2D eigenvalue weighted by Gasteiger charge is 2.20. The molecular weight excluding hydrogens is 248 g/mol. The Bertz CT molecular complexity index is 421. The first-order chi connectivity index (χ1) is 9.20. The van der Waals surface area contributed by atoms with Crippen LogP contribution >= 0.6 is 0 Å². The van der Waals surface area contributed by atoms with E-state index in [9.17, 15) is 10.1 Å². The summed E-state index contributed by atoms with van der Waals surface area (Å²) >= 11 is 0. The summed E-state index contributed by atoms with van der Waals surface area (Å²) in [6.45, 7) is 2.08. The van der Waals surface area contributed by atoms with Gasteiger partial charge >= 0.3 is 0 Å². The molecule has 1 aromatic carbocycles. The van der Waals surface area contributed by atoms with Gasteiger partial charge in [-0.05, 0) is 25.0 Å². The number of piperidine rings is 1. The minimum absolute atomic E-state index is 0.0357. The van der Waals surface area contributed by atoms with Crippen molar-refractivity contribution in [1.82, 2.24) is 0 Å². The van der Waals surface area contributed by atoms with Crippen LogP contribution in [0.2, 0.25) is 0 Å². The summed E-state index contributed by atoms with van der Waals surface area (Å²) in [7, 11) is 0. The predicted molar refractivity (Wildman–Crippen MR) is 71.4 cm³/mol. The van der Waals surface area contributed by atoms with Crippen LogP contribution in [0.3, 0.4) is 0 Å². The molecule has 6 nitrogen and oxygen atoms in total. The number of hydrogen-bond acceptors (Lipinski definition) is 5. The third-order valence-corrected chi connectivity index (χ3v) is 3.25. The Morgan fingerprint density at radius 3 is 2.79 bits per heavy atom. The molecule has 0 bridgehead atoms. The van der Waals surface area contributed by atoms with Crippen molar-refractivity contribution in [1.29, 1.82) is 0 Å². The molecule has 1 atom stereocenters. The van der Waals surface area contributed by atoms with E-state index < -0.39 is 4.92 Å².